The van der Waals surface area contributed by atoms with Gasteiger partial charge in [0, 0.05) is 23.0 Å². The molecule has 0 saturated carbocycles. The Morgan fingerprint density at radius 1 is 0.870 bits per heavy atom. The van der Waals surface area contributed by atoms with Crippen molar-refractivity contribution in [3.8, 4) is 0 Å². The molecule has 0 fully saturated rings. The van der Waals surface area contributed by atoms with Crippen LogP contribution in [0, 0.1) is 0 Å². The number of amides is 1. The molecule has 0 atom stereocenters. The zero-order valence-electron chi connectivity index (χ0n) is 14.9. The first-order chi connectivity index (χ1) is 10.6. The quantitative estimate of drug-likeness (QED) is 0.854. The summed E-state index contributed by atoms with van der Waals surface area (Å²) in [6.45, 7) is 12.8. The zero-order valence-corrected chi connectivity index (χ0v) is 14.9. The molecule has 2 rings (SSSR count). The van der Waals surface area contributed by atoms with Gasteiger partial charge in [-0.3, -0.25) is 9.78 Å². The van der Waals surface area contributed by atoms with Crippen molar-refractivity contribution in [2.75, 3.05) is 5.32 Å². The highest BCUT2D eigenvalue weighted by Crippen LogP contribution is 2.24. The van der Waals surface area contributed by atoms with Crippen LogP contribution in [-0.4, -0.2) is 10.9 Å². The molecule has 122 valence electrons. The molecule has 0 saturated heterocycles. The second-order valence-electron chi connectivity index (χ2n) is 7.96. The van der Waals surface area contributed by atoms with Crippen molar-refractivity contribution in [1.29, 1.82) is 0 Å². The van der Waals surface area contributed by atoms with Gasteiger partial charge < -0.3 is 5.32 Å². The highest BCUT2D eigenvalue weighted by Gasteiger charge is 2.16. The third kappa shape index (κ3) is 4.41. The van der Waals surface area contributed by atoms with E-state index >= 15 is 0 Å². The number of benzene rings is 1. The predicted octanol–water partition coefficient (Wildman–Crippen LogP) is 4.93. The van der Waals surface area contributed by atoms with Crippen LogP contribution in [-0.2, 0) is 10.8 Å². The maximum atomic E-state index is 12.3. The summed E-state index contributed by atoms with van der Waals surface area (Å²) in [7, 11) is 0. The molecular formula is C20H26N2O. The molecule has 0 aliphatic heterocycles. The summed E-state index contributed by atoms with van der Waals surface area (Å²) in [4.78, 5) is 16.7. The summed E-state index contributed by atoms with van der Waals surface area (Å²) in [6, 6.07) is 11.7. The number of nitrogens with one attached hydrogen (secondary N) is 1. The van der Waals surface area contributed by atoms with Crippen molar-refractivity contribution < 1.29 is 4.79 Å². The van der Waals surface area contributed by atoms with E-state index in [1.54, 1.807) is 6.20 Å². The Balaban J connectivity index is 2.10. The van der Waals surface area contributed by atoms with E-state index in [1.807, 2.05) is 24.3 Å². The highest BCUT2D eigenvalue weighted by atomic mass is 16.1. The van der Waals surface area contributed by atoms with Crippen LogP contribution >= 0.6 is 0 Å². The van der Waals surface area contributed by atoms with E-state index in [2.05, 4.69) is 64.0 Å². The number of hydrogen-bond donors (Lipinski definition) is 1. The fourth-order valence-corrected chi connectivity index (χ4v) is 2.23. The average Bonchev–Trinajstić information content (AvgIpc) is 2.46. The van der Waals surface area contributed by atoms with Gasteiger partial charge in [-0.15, -0.1) is 0 Å². The Morgan fingerprint density at radius 3 is 1.91 bits per heavy atom. The van der Waals surface area contributed by atoms with Gasteiger partial charge in [0.1, 0.15) is 0 Å². The second kappa shape index (κ2) is 6.15. The van der Waals surface area contributed by atoms with Gasteiger partial charge >= 0.3 is 0 Å². The van der Waals surface area contributed by atoms with Gasteiger partial charge in [-0.1, -0.05) is 53.7 Å². The zero-order chi connectivity index (χ0) is 17.3. The first-order valence-corrected chi connectivity index (χ1v) is 7.96. The van der Waals surface area contributed by atoms with Gasteiger partial charge in [-0.25, -0.2) is 0 Å². The summed E-state index contributed by atoms with van der Waals surface area (Å²) < 4.78 is 0. The lowest BCUT2D eigenvalue weighted by molar-refractivity contribution is 0.102. The molecule has 2 aromatic rings. The lowest BCUT2D eigenvalue weighted by Gasteiger charge is -2.19. The van der Waals surface area contributed by atoms with Gasteiger partial charge in [0.25, 0.3) is 5.91 Å². The third-order valence-electron chi connectivity index (χ3n) is 3.80. The minimum absolute atomic E-state index is 0.0161. The normalized spacial score (nSPS) is 12.1. The number of hydrogen-bond acceptors (Lipinski definition) is 2. The monoisotopic (exact) mass is 310 g/mol. The number of carbonyl (C=O) groups is 1. The molecule has 23 heavy (non-hydrogen) atoms. The maximum Gasteiger partial charge on any atom is 0.257 e. The molecule has 3 heteroatoms. The smallest absolute Gasteiger partial charge is 0.257 e. The minimum atomic E-state index is -0.138. The van der Waals surface area contributed by atoms with Crippen LogP contribution in [0.25, 0.3) is 0 Å². The first-order valence-electron chi connectivity index (χ1n) is 7.96. The minimum Gasteiger partial charge on any atom is -0.322 e. The molecule has 0 radical (unpaired) electrons. The molecule has 1 aromatic carbocycles. The van der Waals surface area contributed by atoms with E-state index < -0.39 is 0 Å². The Labute approximate surface area is 139 Å². The second-order valence-corrected chi connectivity index (χ2v) is 7.96. The van der Waals surface area contributed by atoms with Crippen molar-refractivity contribution in [2.24, 2.45) is 0 Å². The number of anilines is 1. The van der Waals surface area contributed by atoms with Crippen LogP contribution in [0.5, 0.6) is 0 Å². The molecule has 1 aromatic heterocycles. The molecular weight excluding hydrogens is 284 g/mol. The number of aromatic nitrogens is 1. The van der Waals surface area contributed by atoms with Gasteiger partial charge in [0.05, 0.1) is 5.56 Å². The average molecular weight is 310 g/mol. The SMILES string of the molecule is CC(C)(C)c1ccc(NC(=O)c2ccc(C(C)(C)C)nc2)cc1. The fourth-order valence-electron chi connectivity index (χ4n) is 2.23. The van der Waals surface area contributed by atoms with Crippen molar-refractivity contribution in [2.45, 2.75) is 52.4 Å². The van der Waals surface area contributed by atoms with Crippen LogP contribution < -0.4 is 5.32 Å². The van der Waals surface area contributed by atoms with Gasteiger partial charge in [0.15, 0.2) is 0 Å². The topological polar surface area (TPSA) is 42.0 Å². The summed E-state index contributed by atoms with van der Waals surface area (Å²) in [5, 5.41) is 2.92. The van der Waals surface area contributed by atoms with Gasteiger partial charge in [-0.2, -0.15) is 0 Å². The Hall–Kier alpha value is -2.16. The standard InChI is InChI=1S/C20H26N2O/c1-19(2,3)15-8-10-16(11-9-15)22-18(23)14-7-12-17(21-13-14)20(4,5)6/h7-13H,1-6H3,(H,22,23). The molecule has 1 heterocycles. The van der Waals surface area contributed by atoms with E-state index in [9.17, 15) is 4.79 Å². The molecule has 0 aliphatic rings. The van der Waals surface area contributed by atoms with Crippen molar-refractivity contribution in [1.82, 2.24) is 4.98 Å². The lowest BCUT2D eigenvalue weighted by atomic mass is 9.87. The summed E-state index contributed by atoms with van der Waals surface area (Å²) in [5.74, 6) is -0.138. The van der Waals surface area contributed by atoms with Gasteiger partial charge in [-0.05, 0) is 35.2 Å². The van der Waals surface area contributed by atoms with E-state index in [1.165, 1.54) is 5.56 Å². The van der Waals surface area contributed by atoms with E-state index in [-0.39, 0.29) is 16.7 Å². The molecule has 3 nitrogen and oxygen atoms in total. The summed E-state index contributed by atoms with van der Waals surface area (Å²) in [5.41, 5.74) is 3.67. The summed E-state index contributed by atoms with van der Waals surface area (Å²) in [6.07, 6.45) is 1.64. The van der Waals surface area contributed by atoms with Crippen molar-refractivity contribution in [3.05, 3.63) is 59.4 Å². The van der Waals surface area contributed by atoms with Crippen molar-refractivity contribution in [3.63, 3.8) is 0 Å². The molecule has 0 bridgehead atoms. The van der Waals surface area contributed by atoms with Crippen LogP contribution in [0.4, 0.5) is 5.69 Å². The molecule has 1 amide bonds. The van der Waals surface area contributed by atoms with Crippen LogP contribution in [0.2, 0.25) is 0 Å². The predicted molar refractivity (Wildman–Crippen MR) is 96.0 cm³/mol. The Morgan fingerprint density at radius 2 is 1.48 bits per heavy atom. The number of rotatable bonds is 2. The molecule has 1 N–H and O–H groups in total. The van der Waals surface area contributed by atoms with Crippen LogP contribution in [0.1, 0.15) is 63.2 Å². The Bertz CT molecular complexity index is 672. The highest BCUT2D eigenvalue weighted by molar-refractivity contribution is 6.04. The van der Waals surface area contributed by atoms with Crippen LogP contribution in [0.3, 0.4) is 0 Å². The van der Waals surface area contributed by atoms with Gasteiger partial charge in [0.2, 0.25) is 0 Å². The number of pyridine rings is 1. The van der Waals surface area contributed by atoms with E-state index in [0.29, 0.717) is 5.56 Å². The third-order valence-corrected chi connectivity index (χ3v) is 3.80. The lowest BCUT2D eigenvalue weighted by Crippen LogP contribution is -2.16. The van der Waals surface area contributed by atoms with E-state index in [4.69, 9.17) is 0 Å². The van der Waals surface area contributed by atoms with Crippen molar-refractivity contribution >= 4 is 11.6 Å². The Kier molecular flexibility index (Phi) is 4.60. The number of nitrogens with zero attached hydrogens (tertiary/aromatic N) is 1. The maximum absolute atomic E-state index is 12.3. The fraction of sp³-hybridized carbons (Fsp3) is 0.400. The molecule has 0 unspecified atom stereocenters. The molecule has 0 aliphatic carbocycles. The molecule has 0 spiro atoms. The first kappa shape index (κ1) is 17.2. The van der Waals surface area contributed by atoms with E-state index in [0.717, 1.165) is 11.4 Å². The van der Waals surface area contributed by atoms with Crippen LogP contribution in [0.15, 0.2) is 42.6 Å². The largest absolute Gasteiger partial charge is 0.322 e. The number of carbonyl (C=O) groups excluding carboxylic acids is 1. The summed E-state index contributed by atoms with van der Waals surface area (Å²) >= 11 is 0.